The number of anilines is 1. The number of pyridine rings is 1. The molecule has 0 spiro atoms. The summed E-state index contributed by atoms with van der Waals surface area (Å²) in [6.45, 7) is 3.91. The van der Waals surface area contributed by atoms with E-state index < -0.39 is 0 Å². The molecule has 17 heavy (non-hydrogen) atoms. The molecular weight excluding hydrogens is 238 g/mol. The minimum absolute atomic E-state index is 0.0261. The van der Waals surface area contributed by atoms with Gasteiger partial charge in [0.1, 0.15) is 0 Å². The molecule has 1 saturated heterocycles. The fourth-order valence-electron chi connectivity index (χ4n) is 2.01. The van der Waals surface area contributed by atoms with Crippen LogP contribution < -0.4 is 5.32 Å². The minimum atomic E-state index is -0.117. The Bertz CT molecular complexity index is 404. The molecule has 1 atom stereocenters. The molecule has 92 valence electrons. The normalized spacial score (nSPS) is 18.0. The number of hydrogen-bond donors (Lipinski definition) is 1. The Balaban J connectivity index is 1.99. The van der Waals surface area contributed by atoms with Crippen molar-refractivity contribution in [3.8, 4) is 0 Å². The quantitative estimate of drug-likeness (QED) is 0.840. The number of likely N-dealkylation sites (tertiary alicyclic amines) is 1. The van der Waals surface area contributed by atoms with Gasteiger partial charge in [0, 0.05) is 6.20 Å². The van der Waals surface area contributed by atoms with Crippen molar-refractivity contribution in [1.82, 2.24) is 9.88 Å². The average Bonchev–Trinajstić information content (AvgIpc) is 2.84. The smallest absolute Gasteiger partial charge is 0.241 e. The SMILES string of the molecule is C[C@H](C(=O)Nc1cccnc1Cl)N1CCCC1. The van der Waals surface area contributed by atoms with Crippen LogP contribution in [0, 0.1) is 0 Å². The van der Waals surface area contributed by atoms with Crippen LogP contribution in [0.3, 0.4) is 0 Å². The van der Waals surface area contributed by atoms with Crippen molar-refractivity contribution in [3.63, 3.8) is 0 Å². The maximum atomic E-state index is 12.0. The van der Waals surface area contributed by atoms with Crippen molar-refractivity contribution in [2.75, 3.05) is 18.4 Å². The molecule has 1 aromatic heterocycles. The number of carbonyl (C=O) groups excluding carboxylic acids is 1. The molecule has 1 aromatic rings. The van der Waals surface area contributed by atoms with E-state index in [0.717, 1.165) is 13.1 Å². The van der Waals surface area contributed by atoms with Crippen LogP contribution >= 0.6 is 11.6 Å². The highest BCUT2D eigenvalue weighted by Crippen LogP contribution is 2.19. The second kappa shape index (κ2) is 5.47. The van der Waals surface area contributed by atoms with Gasteiger partial charge >= 0.3 is 0 Å². The van der Waals surface area contributed by atoms with Crippen LogP contribution in [0.2, 0.25) is 5.15 Å². The lowest BCUT2D eigenvalue weighted by atomic mass is 10.2. The Morgan fingerprint density at radius 2 is 2.24 bits per heavy atom. The van der Waals surface area contributed by atoms with E-state index in [-0.39, 0.29) is 11.9 Å². The van der Waals surface area contributed by atoms with Gasteiger partial charge in [0.2, 0.25) is 5.91 Å². The van der Waals surface area contributed by atoms with Gasteiger partial charge in [-0.2, -0.15) is 0 Å². The predicted octanol–water partition coefficient (Wildman–Crippen LogP) is 2.16. The number of amides is 1. The third kappa shape index (κ3) is 2.96. The maximum Gasteiger partial charge on any atom is 0.241 e. The van der Waals surface area contributed by atoms with Crippen molar-refractivity contribution in [2.45, 2.75) is 25.8 Å². The molecule has 0 aromatic carbocycles. The highest BCUT2D eigenvalue weighted by atomic mass is 35.5. The van der Waals surface area contributed by atoms with Gasteiger partial charge < -0.3 is 5.32 Å². The summed E-state index contributed by atoms with van der Waals surface area (Å²) in [5, 5.41) is 3.14. The summed E-state index contributed by atoms with van der Waals surface area (Å²) in [6.07, 6.45) is 3.94. The summed E-state index contributed by atoms with van der Waals surface area (Å²) < 4.78 is 0. The first-order valence-corrected chi connectivity index (χ1v) is 6.21. The topological polar surface area (TPSA) is 45.2 Å². The number of nitrogens with zero attached hydrogens (tertiary/aromatic N) is 2. The first-order valence-electron chi connectivity index (χ1n) is 5.84. The van der Waals surface area contributed by atoms with Crippen molar-refractivity contribution in [1.29, 1.82) is 0 Å². The number of nitrogens with one attached hydrogen (secondary N) is 1. The van der Waals surface area contributed by atoms with E-state index in [1.807, 2.05) is 6.92 Å². The Hall–Kier alpha value is -1.13. The zero-order valence-electron chi connectivity index (χ0n) is 9.82. The fraction of sp³-hybridized carbons (Fsp3) is 0.500. The summed E-state index contributed by atoms with van der Waals surface area (Å²) in [7, 11) is 0. The zero-order chi connectivity index (χ0) is 12.3. The van der Waals surface area contributed by atoms with Crippen LogP contribution in [0.4, 0.5) is 5.69 Å². The summed E-state index contributed by atoms with van der Waals surface area (Å²) >= 11 is 5.89. The molecule has 1 fully saturated rings. The van der Waals surface area contributed by atoms with Gasteiger partial charge in [-0.1, -0.05) is 11.6 Å². The molecule has 2 heterocycles. The first-order chi connectivity index (χ1) is 8.18. The largest absolute Gasteiger partial charge is 0.322 e. The molecule has 1 aliphatic heterocycles. The summed E-state index contributed by atoms with van der Waals surface area (Å²) in [6, 6.07) is 3.39. The molecule has 0 bridgehead atoms. The van der Waals surface area contributed by atoms with Crippen LogP contribution in [0.25, 0.3) is 0 Å². The van der Waals surface area contributed by atoms with Gasteiger partial charge in [-0.15, -0.1) is 0 Å². The van der Waals surface area contributed by atoms with Gasteiger partial charge in [-0.3, -0.25) is 9.69 Å². The number of carbonyl (C=O) groups is 1. The average molecular weight is 254 g/mol. The number of rotatable bonds is 3. The molecular formula is C12H16ClN3O. The standard InChI is InChI=1S/C12H16ClN3O/c1-9(16-7-2-3-8-16)12(17)15-10-5-4-6-14-11(10)13/h4-6,9H,2-3,7-8H2,1H3,(H,15,17)/t9-/m1/s1. The van der Waals surface area contributed by atoms with E-state index in [2.05, 4.69) is 15.2 Å². The van der Waals surface area contributed by atoms with E-state index in [4.69, 9.17) is 11.6 Å². The highest BCUT2D eigenvalue weighted by Gasteiger charge is 2.24. The van der Waals surface area contributed by atoms with Gasteiger partial charge in [-0.05, 0) is 45.0 Å². The first kappa shape index (κ1) is 12.3. The highest BCUT2D eigenvalue weighted by molar-refractivity contribution is 6.32. The van der Waals surface area contributed by atoms with E-state index in [1.165, 1.54) is 12.8 Å². The van der Waals surface area contributed by atoms with Crippen molar-refractivity contribution in [3.05, 3.63) is 23.5 Å². The Morgan fingerprint density at radius 1 is 1.53 bits per heavy atom. The Kier molecular flexibility index (Phi) is 3.97. The van der Waals surface area contributed by atoms with Gasteiger partial charge in [0.25, 0.3) is 0 Å². The van der Waals surface area contributed by atoms with Crippen LogP contribution in [0.1, 0.15) is 19.8 Å². The fourth-order valence-corrected chi connectivity index (χ4v) is 2.18. The van der Waals surface area contributed by atoms with Crippen molar-refractivity contribution < 1.29 is 4.79 Å². The molecule has 2 rings (SSSR count). The summed E-state index contributed by atoms with van der Waals surface area (Å²) in [4.78, 5) is 18.1. The summed E-state index contributed by atoms with van der Waals surface area (Å²) in [5.74, 6) is -0.0261. The van der Waals surface area contributed by atoms with E-state index >= 15 is 0 Å². The van der Waals surface area contributed by atoms with E-state index in [0.29, 0.717) is 10.8 Å². The Labute approximate surface area is 106 Å². The zero-order valence-corrected chi connectivity index (χ0v) is 10.6. The van der Waals surface area contributed by atoms with Crippen LogP contribution in [0.15, 0.2) is 18.3 Å². The van der Waals surface area contributed by atoms with Crippen molar-refractivity contribution >= 4 is 23.2 Å². The number of halogens is 1. The van der Waals surface area contributed by atoms with Gasteiger partial charge in [0.05, 0.1) is 11.7 Å². The second-order valence-corrected chi connectivity index (χ2v) is 4.61. The van der Waals surface area contributed by atoms with E-state index in [1.54, 1.807) is 18.3 Å². The second-order valence-electron chi connectivity index (χ2n) is 4.25. The van der Waals surface area contributed by atoms with E-state index in [9.17, 15) is 4.79 Å². The lowest BCUT2D eigenvalue weighted by Crippen LogP contribution is -2.40. The Morgan fingerprint density at radius 3 is 2.88 bits per heavy atom. The van der Waals surface area contributed by atoms with Crippen molar-refractivity contribution in [2.24, 2.45) is 0 Å². The predicted molar refractivity (Wildman–Crippen MR) is 68.1 cm³/mol. The molecule has 0 unspecified atom stereocenters. The third-order valence-electron chi connectivity index (χ3n) is 3.08. The van der Waals surface area contributed by atoms with Gasteiger partial charge in [0.15, 0.2) is 5.15 Å². The number of aromatic nitrogens is 1. The molecule has 5 heteroatoms. The molecule has 1 aliphatic rings. The lowest BCUT2D eigenvalue weighted by Gasteiger charge is -2.22. The van der Waals surface area contributed by atoms with Crippen LogP contribution in [-0.4, -0.2) is 34.9 Å². The molecule has 0 aliphatic carbocycles. The number of hydrogen-bond acceptors (Lipinski definition) is 3. The van der Waals surface area contributed by atoms with Crippen LogP contribution in [0.5, 0.6) is 0 Å². The van der Waals surface area contributed by atoms with Crippen LogP contribution in [-0.2, 0) is 4.79 Å². The molecule has 0 radical (unpaired) electrons. The molecule has 1 amide bonds. The minimum Gasteiger partial charge on any atom is -0.322 e. The molecule has 0 saturated carbocycles. The monoisotopic (exact) mass is 253 g/mol. The summed E-state index contributed by atoms with van der Waals surface area (Å²) in [5.41, 5.74) is 0.574. The maximum absolute atomic E-state index is 12.0. The lowest BCUT2D eigenvalue weighted by molar-refractivity contribution is -0.120. The third-order valence-corrected chi connectivity index (χ3v) is 3.39. The molecule has 1 N–H and O–H groups in total. The molecule has 4 nitrogen and oxygen atoms in total. The van der Waals surface area contributed by atoms with Gasteiger partial charge in [-0.25, -0.2) is 4.98 Å².